The predicted molar refractivity (Wildman–Crippen MR) is 99.7 cm³/mol. The van der Waals surface area contributed by atoms with Crippen LogP contribution >= 0.6 is 11.7 Å². The molecule has 0 amide bonds. The predicted octanol–water partition coefficient (Wildman–Crippen LogP) is 2.58. The Balaban J connectivity index is 1.46. The number of para-hydroxylation sites is 1. The highest BCUT2D eigenvalue weighted by atomic mass is 32.1. The fraction of sp³-hybridized carbons (Fsp3) is 0.222. The maximum atomic E-state index is 12.5. The summed E-state index contributed by atoms with van der Waals surface area (Å²) in [7, 11) is 0. The van der Waals surface area contributed by atoms with Gasteiger partial charge in [0.05, 0.1) is 29.0 Å². The Hall–Kier alpha value is -2.64. The molecule has 0 aliphatic heterocycles. The van der Waals surface area contributed by atoms with Crippen molar-refractivity contribution in [1.29, 1.82) is 0 Å². The van der Waals surface area contributed by atoms with Gasteiger partial charge < -0.3 is 5.32 Å². The Morgan fingerprint density at radius 3 is 2.88 bits per heavy atom. The summed E-state index contributed by atoms with van der Waals surface area (Å²) in [5.74, 6) is 0. The van der Waals surface area contributed by atoms with Crippen molar-refractivity contribution >= 4 is 33.7 Å². The van der Waals surface area contributed by atoms with Crippen molar-refractivity contribution in [3.8, 4) is 0 Å². The molecule has 0 saturated heterocycles. The summed E-state index contributed by atoms with van der Waals surface area (Å²) in [6.07, 6.45) is 1.62. The Kier molecular flexibility index (Phi) is 4.25. The third kappa shape index (κ3) is 3.29. The topological polar surface area (TPSA) is 72.7 Å². The largest absolute Gasteiger partial charge is 0.308 e. The van der Waals surface area contributed by atoms with Crippen LogP contribution in [0.5, 0.6) is 0 Å². The van der Waals surface area contributed by atoms with E-state index in [1.807, 2.05) is 42.5 Å². The maximum Gasteiger partial charge on any atom is 0.261 e. The first kappa shape index (κ1) is 15.9. The van der Waals surface area contributed by atoms with Crippen LogP contribution in [-0.4, -0.2) is 24.3 Å². The molecule has 25 heavy (non-hydrogen) atoms. The fourth-order valence-corrected chi connectivity index (χ4v) is 3.34. The summed E-state index contributed by atoms with van der Waals surface area (Å²) in [5.41, 5.74) is 3.72. The molecule has 2 heterocycles. The summed E-state index contributed by atoms with van der Waals surface area (Å²) in [6, 6.07) is 13.6. The second-order valence-electron chi connectivity index (χ2n) is 6.09. The van der Waals surface area contributed by atoms with Crippen molar-refractivity contribution in [3.05, 3.63) is 64.7 Å². The van der Waals surface area contributed by atoms with E-state index < -0.39 is 0 Å². The van der Waals surface area contributed by atoms with E-state index >= 15 is 0 Å². The van der Waals surface area contributed by atoms with Crippen LogP contribution in [0, 0.1) is 0 Å². The summed E-state index contributed by atoms with van der Waals surface area (Å²) in [5, 5.41) is 4.10. The normalized spacial score (nSPS) is 12.7. The monoisotopic (exact) mass is 351 g/mol. The zero-order chi connectivity index (χ0) is 17.2. The molecule has 2 aromatic carbocycles. The van der Waals surface area contributed by atoms with Gasteiger partial charge in [-0.25, -0.2) is 4.98 Å². The van der Waals surface area contributed by atoms with E-state index in [-0.39, 0.29) is 11.6 Å². The molecule has 1 N–H and O–H groups in total. The van der Waals surface area contributed by atoms with Crippen molar-refractivity contribution in [2.45, 2.75) is 26.1 Å². The van der Waals surface area contributed by atoms with Crippen molar-refractivity contribution in [3.63, 3.8) is 0 Å². The van der Waals surface area contributed by atoms with Crippen LogP contribution < -0.4 is 10.9 Å². The number of hydrogen-bond donors (Lipinski definition) is 1. The quantitative estimate of drug-likeness (QED) is 0.598. The van der Waals surface area contributed by atoms with Gasteiger partial charge in [-0.2, -0.15) is 8.75 Å². The smallest absolute Gasteiger partial charge is 0.261 e. The lowest BCUT2D eigenvalue weighted by Crippen LogP contribution is -2.34. The average Bonchev–Trinajstić information content (AvgIpc) is 3.10. The van der Waals surface area contributed by atoms with Crippen molar-refractivity contribution in [2.24, 2.45) is 0 Å². The molecule has 7 heteroatoms. The van der Waals surface area contributed by atoms with E-state index in [0.717, 1.165) is 22.1 Å². The second-order valence-corrected chi connectivity index (χ2v) is 6.62. The van der Waals surface area contributed by atoms with Gasteiger partial charge in [-0.1, -0.05) is 18.2 Å². The lowest BCUT2D eigenvalue weighted by Gasteiger charge is -2.15. The highest BCUT2D eigenvalue weighted by Gasteiger charge is 2.08. The molecule has 1 atom stereocenters. The first-order valence-electron chi connectivity index (χ1n) is 8.09. The van der Waals surface area contributed by atoms with E-state index in [1.165, 1.54) is 11.7 Å². The molecule has 0 saturated carbocycles. The van der Waals surface area contributed by atoms with Crippen LogP contribution in [-0.2, 0) is 13.1 Å². The third-order valence-electron chi connectivity index (χ3n) is 4.17. The first-order chi connectivity index (χ1) is 12.2. The molecule has 126 valence electrons. The molecule has 0 aliphatic rings. The molecular weight excluding hydrogens is 334 g/mol. The van der Waals surface area contributed by atoms with Crippen LogP contribution in [0.3, 0.4) is 0 Å². The van der Waals surface area contributed by atoms with Gasteiger partial charge in [-0.15, -0.1) is 0 Å². The second kappa shape index (κ2) is 6.70. The van der Waals surface area contributed by atoms with E-state index in [4.69, 9.17) is 0 Å². The minimum Gasteiger partial charge on any atom is -0.308 e. The van der Waals surface area contributed by atoms with Gasteiger partial charge in [-0.05, 0) is 36.8 Å². The number of rotatable bonds is 5. The SMILES string of the molecule is C[C@@H](Cn1cnc2ccccc2c1=O)NCc1ccc2nsnc2c1. The summed E-state index contributed by atoms with van der Waals surface area (Å²) in [6.45, 7) is 3.34. The van der Waals surface area contributed by atoms with Crippen molar-refractivity contribution in [2.75, 3.05) is 0 Å². The molecule has 0 bridgehead atoms. The van der Waals surface area contributed by atoms with Crippen LogP contribution in [0.4, 0.5) is 0 Å². The van der Waals surface area contributed by atoms with E-state index in [9.17, 15) is 4.79 Å². The Labute approximate surface area is 148 Å². The van der Waals surface area contributed by atoms with Crippen LogP contribution in [0.1, 0.15) is 12.5 Å². The van der Waals surface area contributed by atoms with Crippen LogP contribution in [0.25, 0.3) is 21.9 Å². The highest BCUT2D eigenvalue weighted by Crippen LogP contribution is 2.13. The molecule has 4 aromatic rings. The Morgan fingerprint density at radius 1 is 1.12 bits per heavy atom. The number of aromatic nitrogens is 4. The number of nitrogens with zero attached hydrogens (tertiary/aromatic N) is 4. The molecule has 6 nitrogen and oxygen atoms in total. The fourth-order valence-electron chi connectivity index (χ4n) is 2.83. The lowest BCUT2D eigenvalue weighted by atomic mass is 10.2. The van der Waals surface area contributed by atoms with Gasteiger partial charge in [-0.3, -0.25) is 9.36 Å². The zero-order valence-corrected chi connectivity index (χ0v) is 14.5. The zero-order valence-electron chi connectivity index (χ0n) is 13.7. The molecule has 0 radical (unpaired) electrons. The van der Waals surface area contributed by atoms with Gasteiger partial charge in [0, 0.05) is 19.1 Å². The number of benzene rings is 2. The summed E-state index contributed by atoms with van der Waals surface area (Å²) in [4.78, 5) is 16.9. The molecule has 0 fully saturated rings. The molecule has 2 aromatic heterocycles. The van der Waals surface area contributed by atoms with Crippen LogP contribution in [0.15, 0.2) is 53.6 Å². The lowest BCUT2D eigenvalue weighted by molar-refractivity contribution is 0.467. The first-order valence-corrected chi connectivity index (χ1v) is 8.82. The molecule has 0 unspecified atom stereocenters. The van der Waals surface area contributed by atoms with Gasteiger partial charge in [0.1, 0.15) is 11.0 Å². The summed E-state index contributed by atoms with van der Waals surface area (Å²) < 4.78 is 10.1. The van der Waals surface area contributed by atoms with E-state index in [1.54, 1.807) is 10.9 Å². The van der Waals surface area contributed by atoms with Gasteiger partial charge >= 0.3 is 0 Å². The van der Waals surface area contributed by atoms with Gasteiger partial charge in [0.25, 0.3) is 5.56 Å². The van der Waals surface area contributed by atoms with Crippen molar-refractivity contribution in [1.82, 2.24) is 23.6 Å². The standard InChI is InChI=1S/C18H17N5OS/c1-12(19-9-13-6-7-16-17(8-13)22-25-21-16)10-23-11-20-15-5-3-2-4-14(15)18(23)24/h2-8,11-12,19H,9-10H2,1H3/t12-/m0/s1. The van der Waals surface area contributed by atoms with Crippen LogP contribution in [0.2, 0.25) is 0 Å². The van der Waals surface area contributed by atoms with Crippen molar-refractivity contribution < 1.29 is 0 Å². The number of hydrogen-bond acceptors (Lipinski definition) is 6. The highest BCUT2D eigenvalue weighted by molar-refractivity contribution is 7.00. The average molecular weight is 351 g/mol. The molecule has 4 rings (SSSR count). The number of nitrogens with one attached hydrogen (secondary N) is 1. The minimum atomic E-state index is -0.00535. The summed E-state index contributed by atoms with van der Waals surface area (Å²) >= 11 is 1.22. The molecule has 0 aliphatic carbocycles. The molecular formula is C18H17N5OS. The maximum absolute atomic E-state index is 12.5. The third-order valence-corrected chi connectivity index (χ3v) is 4.73. The van der Waals surface area contributed by atoms with E-state index in [0.29, 0.717) is 18.5 Å². The molecule has 0 spiro atoms. The number of fused-ring (bicyclic) bond motifs is 2. The Morgan fingerprint density at radius 2 is 1.96 bits per heavy atom. The van der Waals surface area contributed by atoms with E-state index in [2.05, 4.69) is 26.0 Å². The minimum absolute atomic E-state index is 0.00535. The van der Waals surface area contributed by atoms with Gasteiger partial charge in [0.15, 0.2) is 0 Å². The van der Waals surface area contributed by atoms with Gasteiger partial charge in [0.2, 0.25) is 0 Å². The Bertz CT molecular complexity index is 1090.